The quantitative estimate of drug-likeness (QED) is 0.848. The third kappa shape index (κ3) is 3.84. The SMILES string of the molecule is CCC1CCN(Cc2ccc(C#CCO)s2)CC1. The van der Waals surface area contributed by atoms with Gasteiger partial charge in [-0.2, -0.15) is 0 Å². The van der Waals surface area contributed by atoms with Crippen molar-refractivity contribution < 1.29 is 5.11 Å². The predicted molar refractivity (Wildman–Crippen MR) is 76.6 cm³/mol. The van der Waals surface area contributed by atoms with Crippen LogP contribution in [0.3, 0.4) is 0 Å². The van der Waals surface area contributed by atoms with Crippen molar-refractivity contribution in [1.82, 2.24) is 4.90 Å². The normalized spacial score (nSPS) is 17.4. The van der Waals surface area contributed by atoms with Crippen LogP contribution in [0.1, 0.15) is 35.9 Å². The van der Waals surface area contributed by atoms with Gasteiger partial charge in [-0.1, -0.05) is 25.2 Å². The van der Waals surface area contributed by atoms with Gasteiger partial charge in [-0.05, 0) is 44.0 Å². The summed E-state index contributed by atoms with van der Waals surface area (Å²) in [6.45, 7) is 5.76. The number of likely N-dealkylation sites (tertiary alicyclic amines) is 1. The fourth-order valence-electron chi connectivity index (χ4n) is 2.43. The number of nitrogens with zero attached hydrogens (tertiary/aromatic N) is 1. The molecule has 1 fully saturated rings. The Kier molecular flexibility index (Phi) is 5.25. The third-order valence-corrected chi connectivity index (χ3v) is 4.60. The van der Waals surface area contributed by atoms with Crippen LogP contribution in [-0.2, 0) is 6.54 Å². The molecule has 1 aliphatic rings. The van der Waals surface area contributed by atoms with Crippen LogP contribution in [0.5, 0.6) is 0 Å². The van der Waals surface area contributed by atoms with E-state index in [1.54, 1.807) is 11.3 Å². The summed E-state index contributed by atoms with van der Waals surface area (Å²) in [5, 5.41) is 8.67. The molecule has 0 bridgehead atoms. The Morgan fingerprint density at radius 2 is 2.17 bits per heavy atom. The average molecular weight is 263 g/mol. The molecule has 1 saturated heterocycles. The van der Waals surface area contributed by atoms with Crippen LogP contribution in [0.25, 0.3) is 0 Å². The van der Waals surface area contributed by atoms with Gasteiger partial charge < -0.3 is 5.11 Å². The van der Waals surface area contributed by atoms with E-state index in [-0.39, 0.29) is 6.61 Å². The van der Waals surface area contributed by atoms with Crippen molar-refractivity contribution in [2.75, 3.05) is 19.7 Å². The molecule has 1 aromatic heterocycles. The number of piperidine rings is 1. The third-order valence-electron chi connectivity index (χ3n) is 3.62. The fourth-order valence-corrected chi connectivity index (χ4v) is 3.35. The summed E-state index contributed by atoms with van der Waals surface area (Å²) in [7, 11) is 0. The predicted octanol–water partition coefficient (Wildman–Crippen LogP) is 2.71. The van der Waals surface area contributed by atoms with Gasteiger partial charge in [-0.15, -0.1) is 11.3 Å². The van der Waals surface area contributed by atoms with Crippen LogP contribution in [0, 0.1) is 17.8 Å². The maximum Gasteiger partial charge on any atom is 0.104 e. The van der Waals surface area contributed by atoms with E-state index in [2.05, 4.69) is 35.8 Å². The largest absolute Gasteiger partial charge is 0.384 e. The standard InChI is InChI=1S/C15H21NOS/c1-2-13-7-9-16(10-8-13)12-15-6-5-14(18-15)4-3-11-17/h5-6,13,17H,2,7-12H2,1H3. The lowest BCUT2D eigenvalue weighted by molar-refractivity contribution is 0.176. The fraction of sp³-hybridized carbons (Fsp3) is 0.600. The van der Waals surface area contributed by atoms with Gasteiger partial charge in [0.15, 0.2) is 0 Å². The maximum atomic E-state index is 8.67. The smallest absolute Gasteiger partial charge is 0.104 e. The van der Waals surface area contributed by atoms with Gasteiger partial charge in [-0.3, -0.25) is 4.90 Å². The lowest BCUT2D eigenvalue weighted by Crippen LogP contribution is -2.32. The van der Waals surface area contributed by atoms with Gasteiger partial charge in [0, 0.05) is 11.4 Å². The first-order valence-electron chi connectivity index (χ1n) is 6.72. The van der Waals surface area contributed by atoms with Crippen LogP contribution in [0.2, 0.25) is 0 Å². The Balaban J connectivity index is 1.85. The first-order chi connectivity index (χ1) is 8.81. The highest BCUT2D eigenvalue weighted by Gasteiger charge is 2.17. The summed E-state index contributed by atoms with van der Waals surface area (Å²) < 4.78 is 0. The molecule has 2 heterocycles. The van der Waals surface area contributed by atoms with Gasteiger partial charge in [-0.25, -0.2) is 0 Å². The molecular weight excluding hydrogens is 242 g/mol. The van der Waals surface area contributed by atoms with Gasteiger partial charge in [0.1, 0.15) is 6.61 Å². The van der Waals surface area contributed by atoms with E-state index in [4.69, 9.17) is 5.11 Å². The lowest BCUT2D eigenvalue weighted by atomic mass is 9.94. The van der Waals surface area contributed by atoms with Crippen LogP contribution in [0.15, 0.2) is 12.1 Å². The Morgan fingerprint density at radius 1 is 1.39 bits per heavy atom. The zero-order valence-electron chi connectivity index (χ0n) is 11.0. The Morgan fingerprint density at radius 3 is 2.83 bits per heavy atom. The molecule has 3 heteroatoms. The molecule has 2 rings (SSSR count). The summed E-state index contributed by atoms with van der Waals surface area (Å²) in [6.07, 6.45) is 4.02. The molecule has 1 aliphatic heterocycles. The Hall–Kier alpha value is -0.820. The minimum atomic E-state index is -0.0578. The highest BCUT2D eigenvalue weighted by Crippen LogP contribution is 2.23. The van der Waals surface area contributed by atoms with Crippen molar-refractivity contribution in [1.29, 1.82) is 0 Å². The summed E-state index contributed by atoms with van der Waals surface area (Å²) >= 11 is 1.75. The van der Waals surface area contributed by atoms with Gasteiger partial charge in [0.2, 0.25) is 0 Å². The number of hydrogen-bond donors (Lipinski definition) is 1. The Labute approximate surface area is 114 Å². The van der Waals surface area contributed by atoms with E-state index in [1.807, 2.05) is 0 Å². The highest BCUT2D eigenvalue weighted by atomic mass is 32.1. The first-order valence-corrected chi connectivity index (χ1v) is 7.54. The van der Waals surface area contributed by atoms with Crippen LogP contribution < -0.4 is 0 Å². The van der Waals surface area contributed by atoms with Crippen molar-refractivity contribution in [3.05, 3.63) is 21.9 Å². The molecule has 0 radical (unpaired) electrons. The lowest BCUT2D eigenvalue weighted by Gasteiger charge is -2.31. The molecule has 0 saturated carbocycles. The van der Waals surface area contributed by atoms with Crippen LogP contribution in [0.4, 0.5) is 0 Å². The molecular formula is C15H21NOS. The van der Waals surface area contributed by atoms with Crippen molar-refractivity contribution in [3.8, 4) is 11.8 Å². The summed E-state index contributed by atoms with van der Waals surface area (Å²) in [6, 6.07) is 4.22. The second-order valence-electron chi connectivity index (χ2n) is 4.85. The highest BCUT2D eigenvalue weighted by molar-refractivity contribution is 7.12. The van der Waals surface area contributed by atoms with E-state index in [0.29, 0.717) is 0 Å². The van der Waals surface area contributed by atoms with Crippen molar-refractivity contribution in [3.63, 3.8) is 0 Å². The molecule has 0 amide bonds. The average Bonchev–Trinajstić information content (AvgIpc) is 2.85. The zero-order chi connectivity index (χ0) is 12.8. The zero-order valence-corrected chi connectivity index (χ0v) is 11.8. The molecule has 2 nitrogen and oxygen atoms in total. The molecule has 0 unspecified atom stereocenters. The molecule has 1 aromatic rings. The van der Waals surface area contributed by atoms with Crippen molar-refractivity contribution in [2.45, 2.75) is 32.7 Å². The number of thiophene rings is 1. The summed E-state index contributed by atoms with van der Waals surface area (Å²) in [5.41, 5.74) is 0. The molecule has 0 spiro atoms. The molecule has 18 heavy (non-hydrogen) atoms. The Bertz CT molecular complexity index is 421. The van der Waals surface area contributed by atoms with E-state index in [1.165, 1.54) is 37.2 Å². The number of rotatable bonds is 3. The maximum absolute atomic E-state index is 8.67. The van der Waals surface area contributed by atoms with E-state index < -0.39 is 0 Å². The van der Waals surface area contributed by atoms with E-state index in [0.717, 1.165) is 17.3 Å². The monoisotopic (exact) mass is 263 g/mol. The van der Waals surface area contributed by atoms with E-state index >= 15 is 0 Å². The van der Waals surface area contributed by atoms with Crippen LogP contribution >= 0.6 is 11.3 Å². The second-order valence-corrected chi connectivity index (χ2v) is 6.02. The minimum Gasteiger partial charge on any atom is -0.384 e. The van der Waals surface area contributed by atoms with Crippen molar-refractivity contribution >= 4 is 11.3 Å². The van der Waals surface area contributed by atoms with E-state index in [9.17, 15) is 0 Å². The van der Waals surface area contributed by atoms with Crippen LogP contribution in [-0.4, -0.2) is 29.7 Å². The number of aliphatic hydroxyl groups excluding tert-OH is 1. The molecule has 0 atom stereocenters. The van der Waals surface area contributed by atoms with Crippen molar-refractivity contribution in [2.24, 2.45) is 5.92 Å². The van der Waals surface area contributed by atoms with Gasteiger partial charge in [0.05, 0.1) is 4.88 Å². The second kappa shape index (κ2) is 6.94. The number of hydrogen-bond acceptors (Lipinski definition) is 3. The molecule has 98 valence electrons. The van der Waals surface area contributed by atoms with Gasteiger partial charge in [0.25, 0.3) is 0 Å². The molecule has 0 aliphatic carbocycles. The minimum absolute atomic E-state index is 0.0578. The topological polar surface area (TPSA) is 23.5 Å². The first kappa shape index (κ1) is 13.6. The van der Waals surface area contributed by atoms with Gasteiger partial charge >= 0.3 is 0 Å². The summed E-state index contributed by atoms with van der Waals surface area (Å²) in [4.78, 5) is 4.98. The summed E-state index contributed by atoms with van der Waals surface area (Å²) in [5.74, 6) is 6.61. The number of aliphatic hydroxyl groups is 1. The molecule has 0 aromatic carbocycles. The molecule has 1 N–H and O–H groups in total.